The molecule has 0 amide bonds. The molecule has 1 aromatic rings. The third-order valence-electron chi connectivity index (χ3n) is 2.23. The van der Waals surface area contributed by atoms with Crippen molar-refractivity contribution in [3.05, 3.63) is 43.0 Å². The average molecular weight is 219 g/mol. The summed E-state index contributed by atoms with van der Waals surface area (Å²) in [7, 11) is 0. The molecular weight excluding hydrogens is 202 g/mol. The molecule has 0 aliphatic carbocycles. The van der Waals surface area contributed by atoms with E-state index in [9.17, 15) is 4.79 Å². The highest BCUT2D eigenvalue weighted by Crippen LogP contribution is 2.09. The maximum Gasteiger partial charge on any atom is 0.330 e. The van der Waals surface area contributed by atoms with Gasteiger partial charge < -0.3 is 10.1 Å². The second-order valence-electron chi connectivity index (χ2n) is 3.45. The first-order chi connectivity index (χ1) is 7.76. The summed E-state index contributed by atoms with van der Waals surface area (Å²) in [5.74, 6) is -0.381. The quantitative estimate of drug-likeness (QED) is 0.590. The van der Waals surface area contributed by atoms with Gasteiger partial charge in [-0.15, -0.1) is 0 Å². The molecule has 1 rings (SSSR count). The molecule has 0 fully saturated rings. The van der Waals surface area contributed by atoms with Crippen LogP contribution in [0.2, 0.25) is 0 Å². The summed E-state index contributed by atoms with van der Waals surface area (Å²) in [5.41, 5.74) is 1.03. The van der Waals surface area contributed by atoms with E-state index in [1.165, 1.54) is 6.08 Å². The highest BCUT2D eigenvalue weighted by molar-refractivity contribution is 5.81. The summed E-state index contributed by atoms with van der Waals surface area (Å²) in [6, 6.07) is 9.99. The minimum atomic E-state index is -0.381. The number of rotatable bonds is 6. The average Bonchev–Trinajstić information content (AvgIpc) is 2.35. The fraction of sp³-hybridized carbons (Fsp3) is 0.308. The molecule has 0 saturated carbocycles. The second-order valence-corrected chi connectivity index (χ2v) is 3.45. The summed E-state index contributed by atoms with van der Waals surface area (Å²) in [6.45, 7) is 5.75. The van der Waals surface area contributed by atoms with Crippen molar-refractivity contribution >= 4 is 11.7 Å². The zero-order chi connectivity index (χ0) is 11.8. The highest BCUT2D eigenvalue weighted by atomic mass is 16.5. The fourth-order valence-electron chi connectivity index (χ4n) is 1.27. The smallest absolute Gasteiger partial charge is 0.330 e. The topological polar surface area (TPSA) is 38.3 Å². The Hall–Kier alpha value is -1.77. The lowest BCUT2D eigenvalue weighted by Crippen LogP contribution is -2.25. The standard InChI is InChI=1S/C13H17NO2/c1-3-11(10-16-13(15)4-2)14-12-8-6-5-7-9-12/h4-9,11,14H,2-3,10H2,1H3. The summed E-state index contributed by atoms with van der Waals surface area (Å²) in [6.07, 6.45) is 2.06. The maximum atomic E-state index is 10.9. The molecule has 0 aromatic heterocycles. The van der Waals surface area contributed by atoms with Crippen LogP contribution in [0.5, 0.6) is 0 Å². The SMILES string of the molecule is C=CC(=O)OCC(CC)Nc1ccccc1. The van der Waals surface area contributed by atoms with Crippen molar-refractivity contribution in [1.82, 2.24) is 0 Å². The summed E-state index contributed by atoms with van der Waals surface area (Å²) in [5, 5.41) is 3.30. The number of nitrogens with one attached hydrogen (secondary N) is 1. The summed E-state index contributed by atoms with van der Waals surface area (Å²) >= 11 is 0. The molecule has 16 heavy (non-hydrogen) atoms. The van der Waals surface area contributed by atoms with Crippen molar-refractivity contribution in [3.63, 3.8) is 0 Å². The second kappa shape index (κ2) is 6.67. The third-order valence-corrected chi connectivity index (χ3v) is 2.23. The first-order valence-electron chi connectivity index (χ1n) is 5.37. The van der Waals surface area contributed by atoms with Crippen LogP contribution in [-0.4, -0.2) is 18.6 Å². The van der Waals surface area contributed by atoms with Gasteiger partial charge in [0.05, 0.1) is 6.04 Å². The zero-order valence-electron chi connectivity index (χ0n) is 9.48. The molecule has 0 aliphatic rings. The fourth-order valence-corrected chi connectivity index (χ4v) is 1.27. The Labute approximate surface area is 96.1 Å². The van der Waals surface area contributed by atoms with Gasteiger partial charge in [0.15, 0.2) is 0 Å². The van der Waals surface area contributed by atoms with Crippen LogP contribution in [-0.2, 0) is 9.53 Å². The number of esters is 1. The molecule has 0 spiro atoms. The van der Waals surface area contributed by atoms with Crippen LogP contribution in [0.4, 0.5) is 5.69 Å². The molecule has 1 unspecified atom stereocenters. The van der Waals surface area contributed by atoms with Crippen molar-refractivity contribution in [2.45, 2.75) is 19.4 Å². The van der Waals surface area contributed by atoms with Gasteiger partial charge in [-0.1, -0.05) is 31.7 Å². The molecule has 1 aromatic carbocycles. The highest BCUT2D eigenvalue weighted by Gasteiger charge is 2.07. The van der Waals surface area contributed by atoms with E-state index in [1.54, 1.807) is 0 Å². The van der Waals surface area contributed by atoms with E-state index < -0.39 is 0 Å². The van der Waals surface area contributed by atoms with Crippen molar-refractivity contribution in [3.8, 4) is 0 Å². The lowest BCUT2D eigenvalue weighted by molar-refractivity contribution is -0.138. The van der Waals surface area contributed by atoms with Gasteiger partial charge in [0.25, 0.3) is 0 Å². The molecule has 1 atom stereocenters. The zero-order valence-corrected chi connectivity index (χ0v) is 9.48. The monoisotopic (exact) mass is 219 g/mol. The number of ether oxygens (including phenoxy) is 1. The lowest BCUT2D eigenvalue weighted by Gasteiger charge is -2.17. The Bertz CT molecular complexity index is 335. The van der Waals surface area contributed by atoms with Crippen LogP contribution in [0, 0.1) is 0 Å². The van der Waals surface area contributed by atoms with E-state index in [0.717, 1.165) is 12.1 Å². The van der Waals surface area contributed by atoms with Crippen LogP contribution in [0.1, 0.15) is 13.3 Å². The van der Waals surface area contributed by atoms with Gasteiger partial charge in [-0.3, -0.25) is 0 Å². The number of carbonyl (C=O) groups excluding carboxylic acids is 1. The molecule has 86 valence electrons. The molecule has 0 radical (unpaired) electrons. The van der Waals surface area contributed by atoms with Crippen molar-refractivity contribution in [2.75, 3.05) is 11.9 Å². The van der Waals surface area contributed by atoms with Gasteiger partial charge in [-0.25, -0.2) is 4.79 Å². The first-order valence-corrected chi connectivity index (χ1v) is 5.37. The Kier molecular flexibility index (Phi) is 5.12. The Morgan fingerprint density at radius 2 is 2.19 bits per heavy atom. The Balaban J connectivity index is 2.43. The molecular formula is C13H17NO2. The van der Waals surface area contributed by atoms with Crippen LogP contribution in [0.15, 0.2) is 43.0 Å². The predicted octanol–water partition coefficient (Wildman–Crippen LogP) is 2.61. The van der Waals surface area contributed by atoms with E-state index in [1.807, 2.05) is 37.3 Å². The van der Waals surface area contributed by atoms with Gasteiger partial charge in [-0.05, 0) is 18.6 Å². The first kappa shape index (κ1) is 12.3. The number of anilines is 1. The lowest BCUT2D eigenvalue weighted by atomic mass is 10.2. The summed E-state index contributed by atoms with van der Waals surface area (Å²) in [4.78, 5) is 10.9. The van der Waals surface area contributed by atoms with Gasteiger partial charge >= 0.3 is 5.97 Å². The molecule has 0 saturated heterocycles. The number of carbonyl (C=O) groups is 1. The molecule has 3 heteroatoms. The molecule has 0 heterocycles. The largest absolute Gasteiger partial charge is 0.460 e. The van der Waals surface area contributed by atoms with Gasteiger partial charge in [-0.2, -0.15) is 0 Å². The van der Waals surface area contributed by atoms with Crippen LogP contribution in [0.25, 0.3) is 0 Å². The predicted molar refractivity (Wildman–Crippen MR) is 65.3 cm³/mol. The van der Waals surface area contributed by atoms with E-state index in [0.29, 0.717) is 6.61 Å². The van der Waals surface area contributed by atoms with Gasteiger partial charge in [0, 0.05) is 11.8 Å². The number of hydrogen-bond donors (Lipinski definition) is 1. The van der Waals surface area contributed by atoms with E-state index in [4.69, 9.17) is 4.74 Å². The van der Waals surface area contributed by atoms with Crippen LogP contribution < -0.4 is 5.32 Å². The number of para-hydroxylation sites is 1. The number of hydrogen-bond acceptors (Lipinski definition) is 3. The van der Waals surface area contributed by atoms with Crippen molar-refractivity contribution in [1.29, 1.82) is 0 Å². The van der Waals surface area contributed by atoms with E-state index in [2.05, 4.69) is 11.9 Å². The van der Waals surface area contributed by atoms with Crippen LogP contribution >= 0.6 is 0 Å². The van der Waals surface area contributed by atoms with E-state index in [-0.39, 0.29) is 12.0 Å². The minimum Gasteiger partial charge on any atom is -0.460 e. The van der Waals surface area contributed by atoms with Crippen molar-refractivity contribution in [2.24, 2.45) is 0 Å². The van der Waals surface area contributed by atoms with Gasteiger partial charge in [0.2, 0.25) is 0 Å². The molecule has 0 bridgehead atoms. The molecule has 3 nitrogen and oxygen atoms in total. The number of benzene rings is 1. The normalized spacial score (nSPS) is 11.6. The molecule has 1 N–H and O–H groups in total. The van der Waals surface area contributed by atoms with Crippen molar-refractivity contribution < 1.29 is 9.53 Å². The summed E-state index contributed by atoms with van der Waals surface area (Å²) < 4.78 is 5.00. The Morgan fingerprint density at radius 3 is 2.75 bits per heavy atom. The maximum absolute atomic E-state index is 10.9. The van der Waals surface area contributed by atoms with E-state index >= 15 is 0 Å². The third kappa shape index (κ3) is 4.17. The van der Waals surface area contributed by atoms with Gasteiger partial charge in [0.1, 0.15) is 6.61 Å². The minimum absolute atomic E-state index is 0.131. The molecule has 0 aliphatic heterocycles. The van der Waals surface area contributed by atoms with Crippen LogP contribution in [0.3, 0.4) is 0 Å². The Morgan fingerprint density at radius 1 is 1.50 bits per heavy atom.